The van der Waals surface area contributed by atoms with Gasteiger partial charge in [-0.2, -0.15) is 4.72 Å². The molecule has 2 aromatic carbocycles. The third-order valence-corrected chi connectivity index (χ3v) is 4.87. The average Bonchev–Trinajstić information content (AvgIpc) is 2.45. The van der Waals surface area contributed by atoms with Crippen molar-refractivity contribution >= 4 is 38.9 Å². The number of anilines is 2. The van der Waals surface area contributed by atoms with Crippen molar-refractivity contribution in [3.63, 3.8) is 0 Å². The van der Waals surface area contributed by atoms with Gasteiger partial charge in [-0.1, -0.05) is 17.7 Å². The summed E-state index contributed by atoms with van der Waals surface area (Å²) < 4.78 is 39.8. The third kappa shape index (κ3) is 3.29. The van der Waals surface area contributed by atoms with Crippen LogP contribution in [0.4, 0.5) is 15.8 Å². The molecule has 1 heterocycles. The largest absolute Gasteiger partial charge is 0.360 e. The van der Waals surface area contributed by atoms with Crippen molar-refractivity contribution in [3.05, 3.63) is 53.3 Å². The fraction of sp³-hybridized carbons (Fsp3) is 0.0714. The van der Waals surface area contributed by atoms with Crippen molar-refractivity contribution in [2.24, 2.45) is 0 Å². The van der Waals surface area contributed by atoms with Gasteiger partial charge in [-0.25, -0.2) is 12.8 Å². The molecule has 0 aliphatic carbocycles. The summed E-state index contributed by atoms with van der Waals surface area (Å²) in [5.41, 5.74) is 0.434. The minimum absolute atomic E-state index is 0.0231. The van der Waals surface area contributed by atoms with E-state index in [1.54, 1.807) is 18.2 Å². The van der Waals surface area contributed by atoms with E-state index in [4.69, 9.17) is 11.6 Å². The molecule has 23 heavy (non-hydrogen) atoms. The van der Waals surface area contributed by atoms with Crippen LogP contribution in [0.3, 0.4) is 0 Å². The van der Waals surface area contributed by atoms with Crippen LogP contribution >= 0.6 is 11.6 Å². The number of sulfonamides is 1. The first-order chi connectivity index (χ1) is 10.8. The van der Waals surface area contributed by atoms with E-state index < -0.39 is 27.9 Å². The number of hydrogen-bond donors (Lipinski definition) is 3. The lowest BCUT2D eigenvalue weighted by Crippen LogP contribution is -2.51. The highest BCUT2D eigenvalue weighted by atomic mass is 35.5. The van der Waals surface area contributed by atoms with Crippen LogP contribution in [0.15, 0.2) is 47.4 Å². The van der Waals surface area contributed by atoms with E-state index in [-0.39, 0.29) is 10.6 Å². The molecule has 3 rings (SSSR count). The van der Waals surface area contributed by atoms with Gasteiger partial charge in [0.1, 0.15) is 10.7 Å². The van der Waals surface area contributed by atoms with E-state index in [0.29, 0.717) is 10.7 Å². The number of hydrogen-bond acceptors (Lipinski definition) is 4. The SMILES string of the molecule is O=C(Nc1cccc(Cl)c1)C1Nc2cc(F)ccc2S(=O)(=O)N1. The maximum absolute atomic E-state index is 13.3. The maximum Gasteiger partial charge on any atom is 0.262 e. The van der Waals surface area contributed by atoms with E-state index in [1.165, 1.54) is 6.07 Å². The number of benzene rings is 2. The smallest absolute Gasteiger partial charge is 0.262 e. The fourth-order valence-corrected chi connectivity index (χ4v) is 3.60. The fourth-order valence-electron chi connectivity index (χ4n) is 2.15. The van der Waals surface area contributed by atoms with Crippen LogP contribution in [0.2, 0.25) is 5.02 Å². The molecule has 120 valence electrons. The Morgan fingerprint density at radius 2 is 2.00 bits per heavy atom. The summed E-state index contributed by atoms with van der Waals surface area (Å²) in [5.74, 6) is -1.26. The van der Waals surface area contributed by atoms with Gasteiger partial charge in [0, 0.05) is 10.7 Å². The highest BCUT2D eigenvalue weighted by molar-refractivity contribution is 7.89. The number of fused-ring (bicyclic) bond motifs is 1. The molecule has 1 aliphatic heterocycles. The quantitative estimate of drug-likeness (QED) is 0.770. The molecular weight excluding hydrogens is 345 g/mol. The van der Waals surface area contributed by atoms with Gasteiger partial charge < -0.3 is 10.6 Å². The highest BCUT2D eigenvalue weighted by Crippen LogP contribution is 2.27. The van der Waals surface area contributed by atoms with Crippen LogP contribution in [0, 0.1) is 5.82 Å². The lowest BCUT2D eigenvalue weighted by Gasteiger charge is -2.27. The van der Waals surface area contributed by atoms with E-state index in [2.05, 4.69) is 15.4 Å². The summed E-state index contributed by atoms with van der Waals surface area (Å²) in [6, 6.07) is 9.59. The topological polar surface area (TPSA) is 87.3 Å². The molecule has 1 aliphatic rings. The first-order valence-electron chi connectivity index (χ1n) is 6.50. The van der Waals surface area contributed by atoms with Crippen LogP contribution < -0.4 is 15.4 Å². The van der Waals surface area contributed by atoms with E-state index in [1.807, 2.05) is 0 Å². The van der Waals surface area contributed by atoms with Crippen molar-refractivity contribution in [2.75, 3.05) is 10.6 Å². The molecule has 3 N–H and O–H groups in total. The highest BCUT2D eigenvalue weighted by Gasteiger charge is 2.33. The van der Waals surface area contributed by atoms with Gasteiger partial charge in [-0.15, -0.1) is 0 Å². The molecule has 0 saturated heterocycles. The number of carbonyl (C=O) groups excluding carboxylic acids is 1. The number of halogens is 2. The summed E-state index contributed by atoms with van der Waals surface area (Å²) in [6.07, 6.45) is -1.27. The van der Waals surface area contributed by atoms with Crippen molar-refractivity contribution in [1.82, 2.24) is 4.72 Å². The Balaban J connectivity index is 1.86. The minimum Gasteiger partial charge on any atom is -0.360 e. The second-order valence-corrected chi connectivity index (χ2v) is 6.96. The zero-order chi connectivity index (χ0) is 16.6. The second-order valence-electron chi connectivity index (χ2n) is 4.84. The van der Waals surface area contributed by atoms with Gasteiger partial charge in [-0.05, 0) is 36.4 Å². The van der Waals surface area contributed by atoms with Crippen LogP contribution in [0.25, 0.3) is 0 Å². The molecule has 0 bridgehead atoms. The molecule has 0 aromatic heterocycles. The van der Waals surface area contributed by atoms with Crippen LogP contribution in [0.1, 0.15) is 0 Å². The normalized spacial score (nSPS) is 18.6. The van der Waals surface area contributed by atoms with Gasteiger partial charge in [0.25, 0.3) is 5.91 Å². The molecule has 0 spiro atoms. The summed E-state index contributed by atoms with van der Waals surface area (Å²) in [7, 11) is -3.92. The van der Waals surface area contributed by atoms with Gasteiger partial charge in [0.05, 0.1) is 5.69 Å². The molecule has 1 amide bonds. The number of rotatable bonds is 2. The zero-order valence-corrected chi connectivity index (χ0v) is 13.1. The minimum atomic E-state index is -3.92. The first-order valence-corrected chi connectivity index (χ1v) is 8.36. The van der Waals surface area contributed by atoms with E-state index in [0.717, 1.165) is 18.2 Å². The number of carbonyl (C=O) groups is 1. The van der Waals surface area contributed by atoms with Gasteiger partial charge in [0.2, 0.25) is 10.0 Å². The van der Waals surface area contributed by atoms with E-state index >= 15 is 0 Å². The molecule has 1 atom stereocenters. The van der Waals surface area contributed by atoms with Crippen LogP contribution in [0.5, 0.6) is 0 Å². The van der Waals surface area contributed by atoms with Crippen molar-refractivity contribution in [3.8, 4) is 0 Å². The molecule has 1 unspecified atom stereocenters. The van der Waals surface area contributed by atoms with E-state index in [9.17, 15) is 17.6 Å². The van der Waals surface area contributed by atoms with Crippen LogP contribution in [-0.4, -0.2) is 20.5 Å². The monoisotopic (exact) mass is 355 g/mol. The Morgan fingerprint density at radius 3 is 2.74 bits per heavy atom. The Kier molecular flexibility index (Phi) is 3.97. The van der Waals surface area contributed by atoms with Crippen molar-refractivity contribution < 1.29 is 17.6 Å². The number of amides is 1. The molecule has 0 radical (unpaired) electrons. The standard InChI is InChI=1S/C14H11ClFN3O3S/c15-8-2-1-3-10(6-8)17-14(20)13-18-11-7-9(16)4-5-12(11)23(21,22)19-13/h1-7,13,18-19H,(H,17,20). The predicted molar refractivity (Wildman–Crippen MR) is 84.2 cm³/mol. The average molecular weight is 356 g/mol. The summed E-state index contributed by atoms with van der Waals surface area (Å²) in [6.45, 7) is 0. The van der Waals surface area contributed by atoms with Gasteiger partial charge >= 0.3 is 0 Å². The molecule has 0 fully saturated rings. The van der Waals surface area contributed by atoms with Crippen LogP contribution in [-0.2, 0) is 14.8 Å². The van der Waals surface area contributed by atoms with Crippen molar-refractivity contribution in [1.29, 1.82) is 0 Å². The van der Waals surface area contributed by atoms with Gasteiger partial charge in [0.15, 0.2) is 6.17 Å². The van der Waals surface area contributed by atoms with Gasteiger partial charge in [-0.3, -0.25) is 4.79 Å². The molecule has 9 heteroatoms. The third-order valence-electron chi connectivity index (χ3n) is 3.16. The Bertz CT molecular complexity index is 889. The zero-order valence-electron chi connectivity index (χ0n) is 11.5. The molecule has 0 saturated carbocycles. The Hall–Kier alpha value is -2.16. The number of nitrogens with one attached hydrogen (secondary N) is 3. The summed E-state index contributed by atoms with van der Waals surface area (Å²) in [4.78, 5) is 12.1. The first kappa shape index (κ1) is 15.7. The second kappa shape index (κ2) is 5.80. The lowest BCUT2D eigenvalue weighted by molar-refractivity contribution is -0.117. The molecule has 6 nitrogen and oxygen atoms in total. The lowest BCUT2D eigenvalue weighted by atomic mass is 10.2. The Morgan fingerprint density at radius 1 is 1.22 bits per heavy atom. The molecule has 2 aromatic rings. The Labute approximate surface area is 136 Å². The molecular formula is C14H11ClFN3O3S. The maximum atomic E-state index is 13.3. The summed E-state index contributed by atoms with van der Waals surface area (Å²) in [5, 5.41) is 5.61. The predicted octanol–water partition coefficient (Wildman–Crippen LogP) is 2.15. The summed E-state index contributed by atoms with van der Waals surface area (Å²) >= 11 is 5.82. The van der Waals surface area contributed by atoms with Crippen molar-refractivity contribution in [2.45, 2.75) is 11.1 Å².